The van der Waals surface area contributed by atoms with Gasteiger partial charge in [-0.25, -0.2) is 38.1 Å². The summed E-state index contributed by atoms with van der Waals surface area (Å²) in [5.74, 6) is -1.41. The predicted molar refractivity (Wildman–Crippen MR) is 306 cm³/mol. The molecule has 8 aromatic rings. The van der Waals surface area contributed by atoms with Crippen LogP contribution in [0.3, 0.4) is 0 Å². The van der Waals surface area contributed by atoms with Crippen molar-refractivity contribution in [2.45, 2.75) is 105 Å². The van der Waals surface area contributed by atoms with Crippen molar-refractivity contribution in [1.29, 1.82) is 0 Å². The van der Waals surface area contributed by atoms with Gasteiger partial charge < -0.3 is 124 Å². The number of anilines is 4. The molecule has 0 aromatic carbocycles. The minimum Gasteiger partial charge on any atom is -0.756 e. The number of aryl methyl sites for hydroxylation is 1. The first kappa shape index (κ1) is 71.8. The molecular weight excluding hydrogens is 1450 g/mol. The Hall–Kier alpha value is -6.97. The van der Waals surface area contributed by atoms with Crippen molar-refractivity contribution in [1.82, 2.24) is 73.1 Å². The lowest BCUT2D eigenvalue weighted by Gasteiger charge is -2.35. The second-order valence-electron chi connectivity index (χ2n) is 22.2. The number of nitrogens with one attached hydrogen (secondary N) is 3. The number of phosphoric acid groups is 5. The minimum absolute atomic E-state index is 0.0729. The Labute approximate surface area is 546 Å². The molecule has 12 rings (SSSR count). The normalized spacial score (nSPS) is 31.3. The highest BCUT2D eigenvalue weighted by Gasteiger charge is 2.57. The van der Waals surface area contributed by atoms with E-state index in [1.54, 1.807) is 0 Å². The lowest BCUT2D eigenvalue weighted by Crippen LogP contribution is -2.53. The molecule has 0 saturated carbocycles. The van der Waals surface area contributed by atoms with Crippen LogP contribution in [0, 0.1) is 0 Å². The predicted octanol–water partition coefficient (Wildman–Crippen LogP) is -9.00. The molecule has 99 heavy (non-hydrogen) atoms. The van der Waals surface area contributed by atoms with Gasteiger partial charge in [-0.2, -0.15) is 9.97 Å². The first-order valence-electron chi connectivity index (χ1n) is 28.0. The number of nitrogens with zero attached hydrogens (tertiary/aromatic N) is 13. The highest BCUT2D eigenvalue weighted by atomic mass is 31.3. The highest BCUT2D eigenvalue weighted by molar-refractivity contribution is 7.65. The average molecular weight is 1500 g/mol. The van der Waals surface area contributed by atoms with Crippen LogP contribution in [-0.4, -0.2) is 205 Å². The molecule has 540 valence electrons. The molecule has 51 nitrogen and oxygen atoms in total. The maximum Gasteiger partial charge on any atom is 0.313 e. The molecule has 4 fully saturated rings. The number of rotatable bonds is 25. The van der Waals surface area contributed by atoms with Crippen LogP contribution in [0.1, 0.15) is 31.8 Å². The standard InChI is InChI=1S/C43H57N20O31P5/c1-43(71)27(67)16(90-39(43)63-12-59(2)20-32(63)55-42(47)58-35(20)70)7-86-98(78,79)94-99(80,81)93-97(76,77)85-6-15-25(26(82-3)38(89-15)60-9-50-17-28(44)48-8-49-29(17)60)92-96(74,75)84-5-14-24(23(66)37(88-14)62-11-52-19-31(62)54-41(46)57-34(19)69)91-95(72,73)83-4-13-21(64)22(65)36(87-13)61-10-51-18-30(61)53-40(45)56-33(18)68/h8-16,21-27,36-39,64-67,71H,4-7H2,1-3H3,(H15-,44,45,46,47,48,49,53,54,55,56,57,58,68,69,70,72,73,74,75,76,77,78,79,80,81)/p-4. The zero-order chi connectivity index (χ0) is 71.5. The minimum atomic E-state index is -6.73. The fourth-order valence-corrected chi connectivity index (χ4v) is 16.5. The van der Waals surface area contributed by atoms with E-state index in [1.165, 1.54) is 17.9 Å². The van der Waals surface area contributed by atoms with Crippen molar-refractivity contribution in [2.24, 2.45) is 7.05 Å². The van der Waals surface area contributed by atoms with E-state index < -0.39 is 191 Å². The summed E-state index contributed by atoms with van der Waals surface area (Å²) >= 11 is 0. The van der Waals surface area contributed by atoms with Gasteiger partial charge in [-0.05, 0) is 6.92 Å². The molecule has 0 amide bonds. The van der Waals surface area contributed by atoms with Crippen LogP contribution in [0.25, 0.3) is 44.7 Å². The van der Waals surface area contributed by atoms with E-state index in [-0.39, 0.29) is 56.9 Å². The van der Waals surface area contributed by atoms with E-state index in [9.17, 15) is 87.2 Å². The summed E-state index contributed by atoms with van der Waals surface area (Å²) in [4.78, 5) is 143. The molecule has 16 N–H and O–H groups in total. The third kappa shape index (κ3) is 14.1. The molecule has 4 aliphatic rings. The molecule has 12 heterocycles. The van der Waals surface area contributed by atoms with Crippen molar-refractivity contribution >= 4 is 107 Å². The van der Waals surface area contributed by atoms with Gasteiger partial charge >= 0.3 is 5.65 Å². The van der Waals surface area contributed by atoms with Gasteiger partial charge in [-0.3, -0.25) is 70.4 Å². The van der Waals surface area contributed by atoms with E-state index in [1.807, 2.05) is 0 Å². The number of aromatic nitrogens is 16. The Kier molecular flexibility index (Phi) is 19.2. The van der Waals surface area contributed by atoms with Crippen LogP contribution >= 0.6 is 39.1 Å². The van der Waals surface area contributed by atoms with Crippen LogP contribution in [-0.2, 0) is 89.3 Å². The number of nitrogen functional groups attached to an aromatic ring is 4. The molecule has 0 bridgehead atoms. The summed E-state index contributed by atoms with van der Waals surface area (Å²) in [6.45, 7) is -4.40. The van der Waals surface area contributed by atoms with Gasteiger partial charge in [0.15, 0.2) is 58.8 Å². The van der Waals surface area contributed by atoms with E-state index in [2.05, 4.69) is 68.0 Å². The number of imidazole rings is 4. The summed E-state index contributed by atoms with van der Waals surface area (Å²) in [5.41, 5.74) is 16.6. The van der Waals surface area contributed by atoms with Crippen molar-refractivity contribution in [2.75, 3.05) is 56.5 Å². The van der Waals surface area contributed by atoms with Crippen LogP contribution in [0.5, 0.6) is 0 Å². The SMILES string of the molecule is COC1C(OP(=O)([O-])OCC2OC(n3cnc4c(=O)[nH]c(N)nc43)C(O)C2OP(=O)([O-])OCC2OC(n3cnc4c(=O)[nH]c(N)nc43)C(O)C2O)C(COP(=O)([O-])OP(=O)([O-])OP(=O)([O-])OCC2OC([n+]3cn(C)c4c(=O)[nH]c(N)nc43)C(C)(O)C2O)OC1n1cnc2c(N)ncnc21. The van der Waals surface area contributed by atoms with Crippen LogP contribution in [0.15, 0.2) is 46.0 Å². The summed E-state index contributed by atoms with van der Waals surface area (Å²) in [7, 11) is -29.2. The van der Waals surface area contributed by atoms with Gasteiger partial charge in [0, 0.05) is 7.11 Å². The second-order valence-corrected chi connectivity index (χ2v) is 29.4. The number of nitrogens with two attached hydrogens (primary N) is 4. The molecule has 21 atom stereocenters. The number of ether oxygens (including phenoxy) is 5. The summed E-state index contributed by atoms with van der Waals surface area (Å²) in [6, 6.07) is 0. The lowest BCUT2D eigenvalue weighted by molar-refractivity contribution is -0.752. The van der Waals surface area contributed by atoms with Crippen molar-refractivity contribution in [3.05, 3.63) is 62.7 Å². The van der Waals surface area contributed by atoms with Crippen molar-refractivity contribution in [3.8, 4) is 0 Å². The number of H-pyrrole nitrogens is 3. The highest BCUT2D eigenvalue weighted by Crippen LogP contribution is 2.63. The molecule has 4 aliphatic heterocycles. The number of phosphoric ester groups is 4. The second kappa shape index (κ2) is 26.4. The Bertz CT molecular complexity index is 4880. The fraction of sp³-hybridized carbons (Fsp3) is 0.535. The molecular formula is C43H53N20O31P5-4. The van der Waals surface area contributed by atoms with Crippen molar-refractivity contribution in [3.63, 3.8) is 0 Å². The number of methoxy groups -OCH3 is 1. The maximum absolute atomic E-state index is 14.2. The van der Waals surface area contributed by atoms with Crippen molar-refractivity contribution < 1.29 is 137 Å². The van der Waals surface area contributed by atoms with Crippen LogP contribution in [0.4, 0.5) is 23.7 Å². The van der Waals surface area contributed by atoms with E-state index in [0.717, 1.165) is 57.6 Å². The number of aliphatic hydroxyl groups is 5. The summed E-state index contributed by atoms with van der Waals surface area (Å²) < 4.78 is 139. The van der Waals surface area contributed by atoms with E-state index in [4.69, 9.17) is 69.2 Å². The fourth-order valence-electron chi connectivity index (χ4n) is 11.2. The van der Waals surface area contributed by atoms with Gasteiger partial charge in [0.2, 0.25) is 23.6 Å². The molecule has 21 unspecified atom stereocenters. The Morgan fingerprint density at radius 3 is 1.61 bits per heavy atom. The number of hydrogen-bond acceptors (Lipinski definition) is 43. The third-order valence-corrected chi connectivity index (χ3v) is 21.7. The topological polar surface area (TPSA) is 751 Å². The Morgan fingerprint density at radius 2 is 1.03 bits per heavy atom. The monoisotopic (exact) mass is 1500 g/mol. The number of fused-ring (bicyclic) bond motifs is 4. The van der Waals surface area contributed by atoms with Gasteiger partial charge in [0.1, 0.15) is 84.6 Å². The lowest BCUT2D eigenvalue weighted by atomic mass is 9.96. The van der Waals surface area contributed by atoms with Gasteiger partial charge in [-0.1, -0.05) is 4.98 Å². The molecule has 0 radical (unpaired) electrons. The van der Waals surface area contributed by atoms with Gasteiger partial charge in [0.25, 0.3) is 61.7 Å². The van der Waals surface area contributed by atoms with E-state index >= 15 is 0 Å². The molecule has 0 aliphatic carbocycles. The van der Waals surface area contributed by atoms with E-state index in [0.29, 0.717) is 0 Å². The average Bonchev–Trinajstić information content (AvgIpc) is 1.60. The molecule has 4 saturated heterocycles. The Balaban J connectivity index is 0.742. The van der Waals surface area contributed by atoms with Gasteiger partial charge in [0.05, 0.1) is 52.5 Å². The first-order chi connectivity index (χ1) is 46.4. The molecule has 56 heteroatoms. The quantitative estimate of drug-likeness (QED) is 0.0187. The number of aliphatic hydroxyl groups excluding tert-OH is 4. The third-order valence-electron chi connectivity index (χ3n) is 15.6. The van der Waals surface area contributed by atoms with Crippen LogP contribution < -0.4 is 68.6 Å². The summed E-state index contributed by atoms with van der Waals surface area (Å²) in [5, 5.41) is 56.0. The first-order valence-corrected chi connectivity index (χ1v) is 35.3. The number of aromatic amines is 3. The molecule has 0 spiro atoms. The largest absolute Gasteiger partial charge is 0.756 e. The number of hydrogen-bond donors (Lipinski definition) is 12. The van der Waals surface area contributed by atoms with Crippen LogP contribution in [0.2, 0.25) is 0 Å². The summed E-state index contributed by atoms with van der Waals surface area (Å²) in [6.07, 6.45) is -24.0. The van der Waals surface area contributed by atoms with Gasteiger partial charge in [-0.15, -0.1) is 0 Å². The zero-order valence-corrected chi connectivity index (χ0v) is 54.6. The zero-order valence-electron chi connectivity index (χ0n) is 50.1. The maximum atomic E-state index is 14.2. The molecule has 8 aromatic heterocycles. The Morgan fingerprint density at radius 1 is 0.566 bits per heavy atom. The smallest absolute Gasteiger partial charge is 0.313 e.